The maximum atomic E-state index is 4.60. The zero-order chi connectivity index (χ0) is 11.3. The van der Waals surface area contributed by atoms with Crippen molar-refractivity contribution in [3.05, 3.63) is 23.4 Å². The van der Waals surface area contributed by atoms with Crippen LogP contribution in [0.25, 0.3) is 0 Å². The van der Waals surface area contributed by atoms with Crippen molar-refractivity contribution >= 4 is 5.82 Å². The maximum absolute atomic E-state index is 4.60. The lowest BCUT2D eigenvalue weighted by molar-refractivity contribution is 0.803. The molecule has 1 aromatic rings. The standard InChI is InChI=1S/C12H21N3/c1-5-6-11-7-10(9-13-2)8-12(14-11)15(3)4/h7-8,13H,5-6,9H2,1-4H3. The molecule has 0 saturated heterocycles. The van der Waals surface area contributed by atoms with Crippen LogP contribution in [0.5, 0.6) is 0 Å². The first kappa shape index (κ1) is 12.0. The molecule has 84 valence electrons. The predicted octanol–water partition coefficient (Wildman–Crippen LogP) is 1.82. The molecule has 0 aliphatic rings. The summed E-state index contributed by atoms with van der Waals surface area (Å²) >= 11 is 0. The number of aryl methyl sites for hydroxylation is 1. The van der Waals surface area contributed by atoms with Crippen molar-refractivity contribution in [1.82, 2.24) is 10.3 Å². The molecule has 0 amide bonds. The lowest BCUT2D eigenvalue weighted by Gasteiger charge is -2.14. The Balaban J connectivity index is 2.97. The normalized spacial score (nSPS) is 10.4. The van der Waals surface area contributed by atoms with Gasteiger partial charge in [0, 0.05) is 26.3 Å². The summed E-state index contributed by atoms with van der Waals surface area (Å²) in [6, 6.07) is 4.32. The van der Waals surface area contributed by atoms with Crippen LogP contribution in [0.2, 0.25) is 0 Å². The van der Waals surface area contributed by atoms with Crippen molar-refractivity contribution < 1.29 is 0 Å². The summed E-state index contributed by atoms with van der Waals surface area (Å²) in [6.45, 7) is 3.09. The molecule has 0 fully saturated rings. The number of nitrogens with zero attached hydrogens (tertiary/aromatic N) is 2. The van der Waals surface area contributed by atoms with Crippen LogP contribution in [0.1, 0.15) is 24.6 Å². The lowest BCUT2D eigenvalue weighted by Crippen LogP contribution is -2.14. The molecular weight excluding hydrogens is 186 g/mol. The maximum Gasteiger partial charge on any atom is 0.128 e. The predicted molar refractivity (Wildman–Crippen MR) is 65.3 cm³/mol. The second kappa shape index (κ2) is 5.71. The molecule has 1 rings (SSSR count). The molecule has 1 aromatic heterocycles. The van der Waals surface area contributed by atoms with E-state index >= 15 is 0 Å². The highest BCUT2D eigenvalue weighted by Gasteiger charge is 2.03. The second-order valence-corrected chi connectivity index (χ2v) is 4.00. The van der Waals surface area contributed by atoms with Gasteiger partial charge >= 0.3 is 0 Å². The lowest BCUT2D eigenvalue weighted by atomic mass is 10.1. The summed E-state index contributed by atoms with van der Waals surface area (Å²) in [7, 11) is 6.03. The van der Waals surface area contributed by atoms with Crippen LogP contribution in [-0.4, -0.2) is 26.1 Å². The fourth-order valence-electron chi connectivity index (χ4n) is 1.55. The van der Waals surface area contributed by atoms with Gasteiger partial charge in [0.25, 0.3) is 0 Å². The minimum atomic E-state index is 0.903. The van der Waals surface area contributed by atoms with E-state index in [0.29, 0.717) is 0 Å². The molecule has 0 atom stereocenters. The van der Waals surface area contributed by atoms with E-state index in [1.165, 1.54) is 11.3 Å². The second-order valence-electron chi connectivity index (χ2n) is 4.00. The van der Waals surface area contributed by atoms with Crippen LogP contribution < -0.4 is 10.2 Å². The van der Waals surface area contributed by atoms with Crippen LogP contribution in [0, 0.1) is 0 Å². The highest BCUT2D eigenvalue weighted by atomic mass is 15.1. The Morgan fingerprint density at radius 1 is 1.33 bits per heavy atom. The number of aromatic nitrogens is 1. The summed E-state index contributed by atoms with van der Waals surface area (Å²) in [5.41, 5.74) is 2.49. The first-order valence-electron chi connectivity index (χ1n) is 5.49. The molecule has 15 heavy (non-hydrogen) atoms. The molecule has 0 bridgehead atoms. The minimum absolute atomic E-state index is 0.903. The van der Waals surface area contributed by atoms with Gasteiger partial charge in [-0.15, -0.1) is 0 Å². The molecule has 0 unspecified atom stereocenters. The van der Waals surface area contributed by atoms with Gasteiger partial charge in [0.2, 0.25) is 0 Å². The van der Waals surface area contributed by atoms with Gasteiger partial charge in [-0.05, 0) is 31.2 Å². The summed E-state index contributed by atoms with van der Waals surface area (Å²) in [5, 5.41) is 3.17. The van der Waals surface area contributed by atoms with Crippen molar-refractivity contribution in [1.29, 1.82) is 0 Å². The van der Waals surface area contributed by atoms with Crippen LogP contribution >= 0.6 is 0 Å². The van der Waals surface area contributed by atoms with E-state index in [1.54, 1.807) is 0 Å². The molecule has 0 spiro atoms. The molecule has 3 heteroatoms. The van der Waals surface area contributed by atoms with Crippen molar-refractivity contribution in [2.75, 3.05) is 26.0 Å². The van der Waals surface area contributed by atoms with Crippen LogP contribution in [0.4, 0.5) is 5.82 Å². The zero-order valence-electron chi connectivity index (χ0n) is 10.2. The third-order valence-electron chi connectivity index (χ3n) is 2.27. The van der Waals surface area contributed by atoms with Crippen molar-refractivity contribution in [3.63, 3.8) is 0 Å². The number of hydrogen-bond acceptors (Lipinski definition) is 3. The third-order valence-corrected chi connectivity index (χ3v) is 2.27. The first-order valence-corrected chi connectivity index (χ1v) is 5.49. The number of rotatable bonds is 5. The quantitative estimate of drug-likeness (QED) is 0.798. The summed E-state index contributed by atoms with van der Waals surface area (Å²) in [4.78, 5) is 6.66. The average Bonchev–Trinajstić information content (AvgIpc) is 2.18. The minimum Gasteiger partial charge on any atom is -0.363 e. The number of pyridine rings is 1. The first-order chi connectivity index (χ1) is 7.17. The average molecular weight is 207 g/mol. The van der Waals surface area contributed by atoms with Crippen molar-refractivity contribution in [2.24, 2.45) is 0 Å². The van der Waals surface area contributed by atoms with Gasteiger partial charge in [-0.3, -0.25) is 0 Å². The van der Waals surface area contributed by atoms with E-state index in [2.05, 4.69) is 34.3 Å². The van der Waals surface area contributed by atoms with Gasteiger partial charge in [0.15, 0.2) is 0 Å². The molecule has 0 saturated carbocycles. The van der Waals surface area contributed by atoms with E-state index in [-0.39, 0.29) is 0 Å². The Bertz CT molecular complexity index is 283. The highest BCUT2D eigenvalue weighted by molar-refractivity contribution is 5.41. The van der Waals surface area contributed by atoms with E-state index in [9.17, 15) is 0 Å². The summed E-state index contributed by atoms with van der Waals surface area (Å²) in [5.74, 6) is 1.05. The Hall–Kier alpha value is -1.09. The van der Waals surface area contributed by atoms with Gasteiger partial charge in [0.05, 0.1) is 0 Å². The van der Waals surface area contributed by atoms with E-state index in [4.69, 9.17) is 0 Å². The highest BCUT2D eigenvalue weighted by Crippen LogP contribution is 2.14. The number of hydrogen-bond donors (Lipinski definition) is 1. The summed E-state index contributed by atoms with van der Waals surface area (Å²) in [6.07, 6.45) is 2.20. The third kappa shape index (κ3) is 3.51. The van der Waals surface area contributed by atoms with Gasteiger partial charge < -0.3 is 10.2 Å². The SMILES string of the molecule is CCCc1cc(CNC)cc(N(C)C)n1. The molecule has 0 aromatic carbocycles. The Labute approximate surface area is 92.5 Å². The van der Waals surface area contributed by atoms with Gasteiger partial charge in [-0.25, -0.2) is 4.98 Å². The van der Waals surface area contributed by atoms with Gasteiger partial charge in [-0.2, -0.15) is 0 Å². The van der Waals surface area contributed by atoms with E-state index in [1.807, 2.05) is 21.1 Å². The van der Waals surface area contributed by atoms with Crippen molar-refractivity contribution in [3.8, 4) is 0 Å². The smallest absolute Gasteiger partial charge is 0.128 e. The Kier molecular flexibility index (Phi) is 4.56. The fraction of sp³-hybridized carbons (Fsp3) is 0.583. The molecule has 1 N–H and O–H groups in total. The number of nitrogens with one attached hydrogen (secondary N) is 1. The molecule has 0 radical (unpaired) electrons. The van der Waals surface area contributed by atoms with E-state index in [0.717, 1.165) is 25.2 Å². The topological polar surface area (TPSA) is 28.2 Å². The zero-order valence-corrected chi connectivity index (χ0v) is 10.2. The largest absolute Gasteiger partial charge is 0.363 e. The summed E-state index contributed by atoms with van der Waals surface area (Å²) < 4.78 is 0. The molecule has 0 aliphatic heterocycles. The Morgan fingerprint density at radius 2 is 2.07 bits per heavy atom. The Morgan fingerprint density at radius 3 is 2.60 bits per heavy atom. The molecule has 0 aliphatic carbocycles. The monoisotopic (exact) mass is 207 g/mol. The fourth-order valence-corrected chi connectivity index (χ4v) is 1.55. The van der Waals surface area contributed by atoms with Crippen LogP contribution in [0.15, 0.2) is 12.1 Å². The van der Waals surface area contributed by atoms with Crippen molar-refractivity contribution in [2.45, 2.75) is 26.3 Å². The van der Waals surface area contributed by atoms with Gasteiger partial charge in [-0.1, -0.05) is 13.3 Å². The molecule has 1 heterocycles. The van der Waals surface area contributed by atoms with Crippen LogP contribution in [-0.2, 0) is 13.0 Å². The van der Waals surface area contributed by atoms with E-state index < -0.39 is 0 Å². The molecule has 3 nitrogen and oxygen atoms in total. The molecular formula is C12H21N3. The van der Waals surface area contributed by atoms with Crippen LogP contribution in [0.3, 0.4) is 0 Å². The van der Waals surface area contributed by atoms with Gasteiger partial charge in [0.1, 0.15) is 5.82 Å². The number of anilines is 1.